The molecule has 0 radical (unpaired) electrons. The van der Waals surface area contributed by atoms with Gasteiger partial charge in [0.25, 0.3) is 11.8 Å². The van der Waals surface area contributed by atoms with Crippen molar-refractivity contribution >= 4 is 47.1 Å². The second-order valence-electron chi connectivity index (χ2n) is 8.48. The molecule has 0 aromatic heterocycles. The van der Waals surface area contributed by atoms with Crippen LogP contribution in [-0.4, -0.2) is 62.2 Å². The Balaban J connectivity index is 1.68. The van der Waals surface area contributed by atoms with Crippen LogP contribution in [0.2, 0.25) is 5.02 Å². The SMILES string of the molecule is C=Cc1ccc(NC(=O)c2cc(Cl)ccc2NC(=O)c2ccc(C=NN(C)CCN(C)C)cc2)cc1. The van der Waals surface area contributed by atoms with Crippen molar-refractivity contribution < 1.29 is 9.59 Å². The summed E-state index contributed by atoms with van der Waals surface area (Å²) in [4.78, 5) is 27.9. The molecule has 0 bridgehead atoms. The highest BCUT2D eigenvalue weighted by molar-refractivity contribution is 6.31. The first-order valence-electron chi connectivity index (χ1n) is 11.4. The number of hydrogen-bond acceptors (Lipinski definition) is 5. The number of carbonyl (C=O) groups is 2. The second kappa shape index (κ2) is 12.7. The van der Waals surface area contributed by atoms with Gasteiger partial charge in [-0.15, -0.1) is 0 Å². The number of hydrogen-bond donors (Lipinski definition) is 2. The topological polar surface area (TPSA) is 77.0 Å². The van der Waals surface area contributed by atoms with Gasteiger partial charge in [0.05, 0.1) is 17.5 Å². The lowest BCUT2D eigenvalue weighted by atomic mass is 10.1. The van der Waals surface area contributed by atoms with Gasteiger partial charge in [-0.25, -0.2) is 0 Å². The number of nitrogens with one attached hydrogen (secondary N) is 2. The van der Waals surface area contributed by atoms with E-state index in [0.29, 0.717) is 22.0 Å². The van der Waals surface area contributed by atoms with Crippen molar-refractivity contribution in [1.29, 1.82) is 0 Å². The summed E-state index contributed by atoms with van der Waals surface area (Å²) in [5.41, 5.74) is 3.50. The first kappa shape index (κ1) is 26.7. The third-order valence-corrected chi connectivity index (χ3v) is 5.56. The fourth-order valence-electron chi connectivity index (χ4n) is 3.20. The molecule has 0 unspecified atom stereocenters. The van der Waals surface area contributed by atoms with Crippen LogP contribution >= 0.6 is 11.6 Å². The van der Waals surface area contributed by atoms with Gasteiger partial charge in [0.2, 0.25) is 0 Å². The van der Waals surface area contributed by atoms with Crippen molar-refractivity contribution in [3.8, 4) is 0 Å². The zero-order valence-corrected chi connectivity index (χ0v) is 21.4. The van der Waals surface area contributed by atoms with E-state index >= 15 is 0 Å². The van der Waals surface area contributed by atoms with Gasteiger partial charge < -0.3 is 15.5 Å². The molecule has 0 aliphatic rings. The summed E-state index contributed by atoms with van der Waals surface area (Å²) in [6.45, 7) is 5.43. The molecular weight excluding hydrogens is 474 g/mol. The molecule has 0 heterocycles. The van der Waals surface area contributed by atoms with Crippen molar-refractivity contribution in [3.05, 3.63) is 101 Å². The quantitative estimate of drug-likeness (QED) is 0.290. The predicted molar refractivity (Wildman–Crippen MR) is 149 cm³/mol. The number of nitrogens with zero attached hydrogens (tertiary/aromatic N) is 3. The number of hydrazone groups is 1. The van der Waals surface area contributed by atoms with Gasteiger partial charge >= 0.3 is 0 Å². The van der Waals surface area contributed by atoms with Crippen molar-refractivity contribution in [3.63, 3.8) is 0 Å². The summed E-state index contributed by atoms with van der Waals surface area (Å²) >= 11 is 6.14. The Hall–Kier alpha value is -3.94. The van der Waals surface area contributed by atoms with Gasteiger partial charge in [-0.3, -0.25) is 14.6 Å². The lowest BCUT2D eigenvalue weighted by molar-refractivity contribution is 0.102. The minimum Gasteiger partial charge on any atom is -0.322 e. The molecular formula is C28H30ClN5O2. The summed E-state index contributed by atoms with van der Waals surface area (Å²) in [6, 6.07) is 19.1. The van der Waals surface area contributed by atoms with E-state index in [1.165, 1.54) is 6.07 Å². The molecule has 3 rings (SSSR count). The van der Waals surface area contributed by atoms with E-state index in [4.69, 9.17) is 11.6 Å². The van der Waals surface area contributed by atoms with E-state index in [1.807, 2.05) is 50.4 Å². The molecule has 0 saturated heterocycles. The fourth-order valence-corrected chi connectivity index (χ4v) is 3.37. The number of carbonyl (C=O) groups excluding carboxylic acids is 2. The first-order valence-corrected chi connectivity index (χ1v) is 11.8. The molecule has 0 atom stereocenters. The van der Waals surface area contributed by atoms with Crippen LogP contribution in [0.3, 0.4) is 0 Å². The summed E-state index contributed by atoms with van der Waals surface area (Å²) in [7, 11) is 5.95. The number of rotatable bonds is 10. The van der Waals surface area contributed by atoms with E-state index in [1.54, 1.807) is 48.7 Å². The van der Waals surface area contributed by atoms with Crippen LogP contribution in [0.25, 0.3) is 6.08 Å². The molecule has 7 nitrogen and oxygen atoms in total. The van der Waals surface area contributed by atoms with Crippen LogP contribution in [0.5, 0.6) is 0 Å². The largest absolute Gasteiger partial charge is 0.322 e. The van der Waals surface area contributed by atoms with E-state index in [0.717, 1.165) is 24.2 Å². The fraction of sp³-hybridized carbons (Fsp3) is 0.179. The molecule has 36 heavy (non-hydrogen) atoms. The smallest absolute Gasteiger partial charge is 0.257 e. The van der Waals surface area contributed by atoms with E-state index in [2.05, 4.69) is 27.2 Å². The van der Waals surface area contributed by atoms with Crippen LogP contribution < -0.4 is 10.6 Å². The molecule has 186 valence electrons. The molecule has 0 fully saturated rings. The molecule has 3 aromatic rings. The Morgan fingerprint density at radius 1 is 0.889 bits per heavy atom. The van der Waals surface area contributed by atoms with Crippen molar-refractivity contribution in [2.75, 3.05) is 44.9 Å². The summed E-state index contributed by atoms with van der Waals surface area (Å²) in [5, 5.41) is 12.3. The van der Waals surface area contributed by atoms with Crippen LogP contribution in [0, 0.1) is 0 Å². The summed E-state index contributed by atoms with van der Waals surface area (Å²) in [6.07, 6.45) is 3.47. The van der Waals surface area contributed by atoms with Crippen LogP contribution in [0.1, 0.15) is 31.8 Å². The maximum absolute atomic E-state index is 13.0. The van der Waals surface area contributed by atoms with Gasteiger partial charge in [-0.2, -0.15) is 5.10 Å². The Morgan fingerprint density at radius 3 is 2.19 bits per heavy atom. The number of anilines is 2. The van der Waals surface area contributed by atoms with Gasteiger partial charge in [0.15, 0.2) is 0 Å². The Labute approximate surface area is 217 Å². The Bertz CT molecular complexity index is 1240. The first-order chi connectivity index (χ1) is 17.2. The normalized spacial score (nSPS) is 10.9. The van der Waals surface area contributed by atoms with Crippen molar-refractivity contribution in [1.82, 2.24) is 9.91 Å². The molecule has 3 aromatic carbocycles. The molecule has 0 aliphatic carbocycles. The third-order valence-electron chi connectivity index (χ3n) is 5.33. The highest BCUT2D eigenvalue weighted by Crippen LogP contribution is 2.23. The van der Waals surface area contributed by atoms with E-state index < -0.39 is 0 Å². The molecule has 2 N–H and O–H groups in total. The molecule has 0 aliphatic heterocycles. The monoisotopic (exact) mass is 503 g/mol. The summed E-state index contributed by atoms with van der Waals surface area (Å²) in [5.74, 6) is -0.725. The average Bonchev–Trinajstić information content (AvgIpc) is 2.87. The highest BCUT2D eigenvalue weighted by Gasteiger charge is 2.16. The maximum atomic E-state index is 13.0. The minimum atomic E-state index is -0.385. The van der Waals surface area contributed by atoms with Gasteiger partial charge in [0, 0.05) is 36.4 Å². The number of benzene rings is 3. The van der Waals surface area contributed by atoms with Gasteiger partial charge in [-0.05, 0) is 67.7 Å². The standard InChI is InChI=1S/C28H30ClN5O2/c1-5-20-8-13-24(14-9-20)31-28(36)25-18-23(29)12-15-26(25)32-27(35)22-10-6-21(7-11-22)19-30-34(4)17-16-33(2)3/h5-15,18-19H,1,16-17H2,2-4H3,(H,31,36)(H,32,35). The Kier molecular flexibility index (Phi) is 9.39. The van der Waals surface area contributed by atoms with Gasteiger partial charge in [-0.1, -0.05) is 48.5 Å². The number of halogens is 1. The number of likely N-dealkylation sites (N-methyl/N-ethyl adjacent to an activating group) is 2. The highest BCUT2D eigenvalue weighted by atomic mass is 35.5. The average molecular weight is 504 g/mol. The zero-order valence-electron chi connectivity index (χ0n) is 20.7. The van der Waals surface area contributed by atoms with Crippen LogP contribution in [-0.2, 0) is 0 Å². The lowest BCUT2D eigenvalue weighted by Gasteiger charge is -2.16. The minimum absolute atomic E-state index is 0.258. The van der Waals surface area contributed by atoms with Gasteiger partial charge in [0.1, 0.15) is 0 Å². The summed E-state index contributed by atoms with van der Waals surface area (Å²) < 4.78 is 0. The lowest BCUT2D eigenvalue weighted by Crippen LogP contribution is -2.25. The molecule has 2 amide bonds. The predicted octanol–water partition coefficient (Wildman–Crippen LogP) is 5.31. The van der Waals surface area contributed by atoms with E-state index in [-0.39, 0.29) is 17.4 Å². The maximum Gasteiger partial charge on any atom is 0.257 e. The zero-order chi connectivity index (χ0) is 26.1. The second-order valence-corrected chi connectivity index (χ2v) is 8.91. The van der Waals surface area contributed by atoms with Crippen molar-refractivity contribution in [2.45, 2.75) is 0 Å². The van der Waals surface area contributed by atoms with E-state index in [9.17, 15) is 9.59 Å². The third kappa shape index (κ3) is 7.80. The Morgan fingerprint density at radius 2 is 1.56 bits per heavy atom. The number of amides is 2. The molecule has 8 heteroatoms. The molecule has 0 saturated carbocycles. The van der Waals surface area contributed by atoms with Crippen LogP contribution in [0.4, 0.5) is 11.4 Å². The van der Waals surface area contributed by atoms with Crippen LogP contribution in [0.15, 0.2) is 78.4 Å². The van der Waals surface area contributed by atoms with Crippen molar-refractivity contribution in [2.24, 2.45) is 5.10 Å². The molecule has 0 spiro atoms.